The zero-order chi connectivity index (χ0) is 19.1. The van der Waals surface area contributed by atoms with Crippen molar-refractivity contribution in [2.75, 3.05) is 13.1 Å². The molecule has 0 aromatic heterocycles. The van der Waals surface area contributed by atoms with E-state index < -0.39 is 28.6 Å². The van der Waals surface area contributed by atoms with E-state index in [0.717, 1.165) is 12.1 Å². The predicted molar refractivity (Wildman–Crippen MR) is 90.7 cm³/mol. The molecule has 2 aromatic rings. The highest BCUT2D eigenvalue weighted by atomic mass is 35.5. The molecule has 0 spiro atoms. The number of nitrogens with two attached hydrogens (primary N) is 1. The van der Waals surface area contributed by atoms with Gasteiger partial charge in [0.2, 0.25) is 0 Å². The van der Waals surface area contributed by atoms with Crippen LogP contribution in [0, 0.1) is 0 Å². The van der Waals surface area contributed by atoms with Crippen LogP contribution in [0.15, 0.2) is 18.2 Å². The number of carbonyl (C=O) groups excluding carboxylic acids is 2. The minimum atomic E-state index is -4.68. The first kappa shape index (κ1) is 18.2. The van der Waals surface area contributed by atoms with Gasteiger partial charge in [0.25, 0.3) is 11.8 Å². The third-order valence-electron chi connectivity index (χ3n) is 3.88. The fourth-order valence-electron chi connectivity index (χ4n) is 2.73. The number of hydrogen-bond acceptors (Lipinski definition) is 3. The van der Waals surface area contributed by atoms with Gasteiger partial charge >= 0.3 is 6.18 Å². The van der Waals surface area contributed by atoms with Crippen molar-refractivity contribution in [3.63, 3.8) is 0 Å². The summed E-state index contributed by atoms with van der Waals surface area (Å²) in [5, 5.41) is 6.82. The van der Waals surface area contributed by atoms with Crippen LogP contribution in [0.2, 0.25) is 5.02 Å². The monoisotopic (exact) mass is 382 g/mol. The van der Waals surface area contributed by atoms with Crippen LogP contribution in [0.3, 0.4) is 0 Å². The van der Waals surface area contributed by atoms with Crippen molar-refractivity contribution in [3.05, 3.63) is 44.8 Å². The largest absolute Gasteiger partial charge is 0.417 e. The molecule has 0 atom stereocenters. The number of rotatable bonds is 3. The number of amides is 2. The summed E-state index contributed by atoms with van der Waals surface area (Å²) >= 11 is 5.82. The van der Waals surface area contributed by atoms with E-state index in [9.17, 15) is 22.8 Å². The van der Waals surface area contributed by atoms with Crippen LogP contribution in [0.4, 0.5) is 13.2 Å². The van der Waals surface area contributed by atoms with Gasteiger partial charge in [-0.05, 0) is 34.2 Å². The Balaban J connectivity index is 2.39. The number of fused-ring (bicyclic) bond motifs is 3. The molecule has 1 aliphatic heterocycles. The summed E-state index contributed by atoms with van der Waals surface area (Å²) in [5.41, 5.74) is 4.29. The van der Waals surface area contributed by atoms with Crippen molar-refractivity contribution in [1.29, 1.82) is 0 Å². The summed E-state index contributed by atoms with van der Waals surface area (Å²) < 4.78 is 39.7. The third-order valence-corrected chi connectivity index (χ3v) is 4.19. The summed E-state index contributed by atoms with van der Waals surface area (Å²) in [6, 6.07) is 3.33. The summed E-state index contributed by atoms with van der Waals surface area (Å²) in [5.74, 6) is -1.12. The molecule has 2 aromatic carbocycles. The lowest BCUT2D eigenvalue weighted by atomic mass is 9.97. The lowest BCUT2D eigenvalue weighted by Crippen LogP contribution is -2.36. The summed E-state index contributed by atoms with van der Waals surface area (Å²) in [7, 11) is 0. The molecule has 3 rings (SSSR count). The number of nitrogens with one attached hydrogen (secondary N) is 1. The van der Waals surface area contributed by atoms with E-state index in [2.05, 4.69) is 10.6 Å². The molecule has 0 saturated heterocycles. The van der Waals surface area contributed by atoms with Gasteiger partial charge in [0.05, 0.1) is 10.6 Å². The molecule has 135 valence electrons. The van der Waals surface area contributed by atoms with Crippen molar-refractivity contribution >= 4 is 46.5 Å². The number of benzene rings is 2. The lowest BCUT2D eigenvalue weighted by molar-refractivity contribution is -0.137. The van der Waals surface area contributed by atoms with Crippen LogP contribution in [0.5, 0.6) is 0 Å². The van der Waals surface area contributed by atoms with Gasteiger partial charge in [-0.25, -0.2) is 5.32 Å². The van der Waals surface area contributed by atoms with Gasteiger partial charge in [0.1, 0.15) is 0 Å². The zero-order valence-electron chi connectivity index (χ0n) is 13.2. The molecule has 1 radical (unpaired) electrons. The van der Waals surface area contributed by atoms with E-state index in [1.54, 1.807) is 0 Å². The minimum absolute atomic E-state index is 0.00582. The molecule has 5 nitrogen and oxygen atoms in total. The van der Waals surface area contributed by atoms with Crippen LogP contribution in [0.25, 0.3) is 23.0 Å². The fraction of sp³-hybridized carbons (Fsp3) is 0.176. The first-order valence-corrected chi connectivity index (χ1v) is 7.88. The molecule has 0 bridgehead atoms. The SMILES string of the molecule is NCCNC(=O)c1cc2c(c3cc(Cl)c(C(F)(F)F)cc13)=C[N]C(=O)C=2. The third kappa shape index (κ3) is 3.25. The van der Waals surface area contributed by atoms with Crippen LogP contribution < -0.4 is 26.8 Å². The highest BCUT2D eigenvalue weighted by molar-refractivity contribution is 6.32. The smallest absolute Gasteiger partial charge is 0.351 e. The number of carbonyl (C=O) groups is 2. The number of hydrogen-bond donors (Lipinski definition) is 2. The van der Waals surface area contributed by atoms with E-state index >= 15 is 0 Å². The second-order valence-corrected chi connectivity index (χ2v) is 5.99. The van der Waals surface area contributed by atoms with Crippen molar-refractivity contribution in [1.82, 2.24) is 10.6 Å². The quantitative estimate of drug-likeness (QED) is 0.825. The van der Waals surface area contributed by atoms with E-state index in [4.69, 9.17) is 17.3 Å². The number of nitrogens with zero attached hydrogens (tertiary/aromatic N) is 1. The van der Waals surface area contributed by atoms with Crippen molar-refractivity contribution in [3.8, 4) is 0 Å². The van der Waals surface area contributed by atoms with Gasteiger partial charge in [-0.2, -0.15) is 13.2 Å². The van der Waals surface area contributed by atoms with Crippen LogP contribution >= 0.6 is 11.6 Å². The molecule has 1 aliphatic rings. The first-order chi connectivity index (χ1) is 12.2. The molecular weight excluding hydrogens is 371 g/mol. The maximum atomic E-state index is 13.2. The Morgan fingerprint density at radius 1 is 1.23 bits per heavy atom. The van der Waals surface area contributed by atoms with Gasteiger partial charge in [-0.15, -0.1) is 0 Å². The van der Waals surface area contributed by atoms with E-state index in [1.807, 2.05) is 0 Å². The van der Waals surface area contributed by atoms with Gasteiger partial charge in [-0.3, -0.25) is 9.59 Å². The summed E-state index contributed by atoms with van der Waals surface area (Å²) in [6.45, 7) is 0.326. The maximum Gasteiger partial charge on any atom is 0.417 e. The Kier molecular flexibility index (Phi) is 4.64. The zero-order valence-corrected chi connectivity index (χ0v) is 13.9. The minimum Gasteiger partial charge on any atom is -0.351 e. The molecule has 0 unspecified atom stereocenters. The topological polar surface area (TPSA) is 86.3 Å². The molecule has 2 amide bonds. The van der Waals surface area contributed by atoms with E-state index in [-0.39, 0.29) is 24.0 Å². The second kappa shape index (κ2) is 6.62. The number of alkyl halides is 3. The van der Waals surface area contributed by atoms with E-state index in [1.165, 1.54) is 18.3 Å². The Morgan fingerprint density at radius 2 is 1.96 bits per heavy atom. The standard InChI is InChI=1S/C17H12ClF3N3O2/c18-14-6-10-9(5-13(14)17(19,20)21)11(16(26)23-2-1-22)3-8-4-15(25)24-7-12(8)10/h3-7H,1-2,22H2,(H,23,26). The molecule has 1 heterocycles. The van der Waals surface area contributed by atoms with Gasteiger partial charge in [0, 0.05) is 36.1 Å². The first-order valence-electron chi connectivity index (χ1n) is 7.51. The average Bonchev–Trinajstić information content (AvgIpc) is 2.57. The highest BCUT2D eigenvalue weighted by Crippen LogP contribution is 2.37. The Hall–Kier alpha value is -2.58. The fourth-order valence-corrected chi connectivity index (χ4v) is 3.00. The normalized spacial score (nSPS) is 13.5. The van der Waals surface area contributed by atoms with E-state index in [0.29, 0.717) is 15.8 Å². The van der Waals surface area contributed by atoms with Crippen molar-refractivity contribution < 1.29 is 22.8 Å². The van der Waals surface area contributed by atoms with Crippen molar-refractivity contribution in [2.24, 2.45) is 5.73 Å². The summed E-state index contributed by atoms with van der Waals surface area (Å²) in [6.07, 6.45) is -2.21. The maximum absolute atomic E-state index is 13.2. The average molecular weight is 383 g/mol. The van der Waals surface area contributed by atoms with Crippen LogP contribution in [-0.2, 0) is 11.0 Å². The van der Waals surface area contributed by atoms with Gasteiger partial charge < -0.3 is 11.1 Å². The number of halogens is 4. The summed E-state index contributed by atoms with van der Waals surface area (Å²) in [4.78, 5) is 23.9. The molecule has 0 aliphatic carbocycles. The van der Waals surface area contributed by atoms with Crippen molar-refractivity contribution in [2.45, 2.75) is 6.18 Å². The molecular formula is C17H12ClF3N3O2. The Bertz CT molecular complexity index is 1050. The van der Waals surface area contributed by atoms with Gasteiger partial charge in [-0.1, -0.05) is 11.6 Å². The lowest BCUT2D eigenvalue weighted by Gasteiger charge is -2.15. The predicted octanol–water partition coefficient (Wildman–Crippen LogP) is 0.864. The molecule has 9 heteroatoms. The van der Waals surface area contributed by atoms with Crippen LogP contribution in [0.1, 0.15) is 15.9 Å². The molecule has 26 heavy (non-hydrogen) atoms. The van der Waals surface area contributed by atoms with Crippen LogP contribution in [-0.4, -0.2) is 24.9 Å². The molecule has 0 fully saturated rings. The molecule has 0 saturated carbocycles. The second-order valence-electron chi connectivity index (χ2n) is 5.59. The highest BCUT2D eigenvalue weighted by Gasteiger charge is 2.34. The van der Waals surface area contributed by atoms with Gasteiger partial charge in [0.15, 0.2) is 0 Å². The Labute approximate surface area is 150 Å². The Morgan fingerprint density at radius 3 is 2.62 bits per heavy atom. The molecule has 3 N–H and O–H groups in total.